The Kier molecular flexibility index (Phi) is 3.99. The van der Waals surface area contributed by atoms with E-state index in [1.54, 1.807) is 30.6 Å². The number of pyridine rings is 1. The summed E-state index contributed by atoms with van der Waals surface area (Å²) in [5.74, 6) is -1.41. The highest BCUT2D eigenvalue weighted by Crippen LogP contribution is 2.52. The van der Waals surface area contributed by atoms with Crippen LogP contribution in [0, 0.1) is 12.8 Å². The minimum Gasteiger partial charge on any atom is -0.307 e. The van der Waals surface area contributed by atoms with Crippen LogP contribution in [0.4, 0.5) is 5.69 Å². The van der Waals surface area contributed by atoms with Crippen LogP contribution in [0.2, 0.25) is 0 Å². The number of aromatic amines is 1. The Bertz CT molecular complexity index is 1140. The third kappa shape index (κ3) is 2.56. The van der Waals surface area contributed by atoms with Crippen LogP contribution in [-0.2, 0) is 9.59 Å². The first-order chi connectivity index (χ1) is 13.5. The number of aromatic nitrogens is 2. The lowest BCUT2D eigenvalue weighted by Gasteiger charge is -2.29. The molecule has 3 aromatic rings. The van der Waals surface area contributed by atoms with Crippen molar-refractivity contribution in [2.45, 2.75) is 23.1 Å². The Morgan fingerprint density at radius 1 is 1.07 bits per heavy atom. The van der Waals surface area contributed by atoms with E-state index in [9.17, 15) is 14.4 Å². The number of thioether (sulfide) groups is 1. The topological polar surface area (TPSA) is 83.1 Å². The zero-order valence-corrected chi connectivity index (χ0v) is 16.4. The molecule has 1 saturated heterocycles. The number of carbonyl (C=O) groups excluding carboxylic acids is 2. The molecule has 0 aliphatic carbocycles. The van der Waals surface area contributed by atoms with Gasteiger partial charge in [0.15, 0.2) is 0 Å². The fraction of sp³-hybridized carbons (Fsp3) is 0.200. The number of imide groups is 1. The highest BCUT2D eigenvalue weighted by Gasteiger charge is 2.56. The molecule has 2 unspecified atom stereocenters. The van der Waals surface area contributed by atoms with Crippen LogP contribution in [0.1, 0.15) is 21.9 Å². The number of aryl methyl sites for hydroxylation is 1. The summed E-state index contributed by atoms with van der Waals surface area (Å²) >= 11 is 2.39. The first-order valence-corrected chi connectivity index (χ1v) is 10.5. The highest BCUT2D eigenvalue weighted by molar-refractivity contribution is 8.00. The summed E-state index contributed by atoms with van der Waals surface area (Å²) < 4.78 is 0. The molecule has 4 heterocycles. The number of nitrogens with zero attached hydrogens (tertiary/aromatic N) is 2. The predicted octanol–water partition coefficient (Wildman–Crippen LogP) is 2.94. The van der Waals surface area contributed by atoms with Gasteiger partial charge in [0.05, 0.1) is 16.6 Å². The third-order valence-corrected chi connectivity index (χ3v) is 7.56. The van der Waals surface area contributed by atoms with Crippen LogP contribution < -0.4 is 9.77 Å². The molecule has 0 saturated carbocycles. The summed E-state index contributed by atoms with van der Waals surface area (Å²) in [6.45, 7) is 1.96. The number of fused-ring (bicyclic) bond motifs is 2. The largest absolute Gasteiger partial charge is 0.307 e. The lowest BCUT2D eigenvalue weighted by atomic mass is 9.84. The molecule has 3 atom stereocenters. The van der Waals surface area contributed by atoms with E-state index in [1.165, 1.54) is 16.7 Å². The van der Waals surface area contributed by atoms with Crippen molar-refractivity contribution in [2.24, 2.45) is 5.92 Å². The number of carbonyl (C=O) groups is 2. The zero-order valence-electron chi connectivity index (χ0n) is 14.8. The Morgan fingerprint density at radius 2 is 1.86 bits per heavy atom. The van der Waals surface area contributed by atoms with Crippen molar-refractivity contribution in [3.05, 3.63) is 74.5 Å². The zero-order chi connectivity index (χ0) is 19.4. The Balaban J connectivity index is 1.65. The van der Waals surface area contributed by atoms with Crippen molar-refractivity contribution in [1.29, 1.82) is 0 Å². The molecule has 1 N–H and O–H groups in total. The molecule has 2 aliphatic heterocycles. The number of amides is 2. The normalized spacial score (nSPS) is 23.6. The average Bonchev–Trinajstić information content (AvgIpc) is 3.18. The van der Waals surface area contributed by atoms with Gasteiger partial charge in [0.2, 0.25) is 11.8 Å². The number of thiazole rings is 1. The monoisotopic (exact) mass is 409 g/mol. The number of hydrogen-bond acceptors (Lipinski definition) is 6. The maximum Gasteiger partial charge on any atom is 0.305 e. The van der Waals surface area contributed by atoms with Crippen LogP contribution in [0.3, 0.4) is 0 Å². The quantitative estimate of drug-likeness (QED) is 0.658. The van der Waals surface area contributed by atoms with Crippen molar-refractivity contribution >= 4 is 40.6 Å². The molecule has 0 bridgehead atoms. The minimum absolute atomic E-state index is 0.179. The summed E-state index contributed by atoms with van der Waals surface area (Å²) in [5.41, 5.74) is 2.47. The van der Waals surface area contributed by atoms with Crippen molar-refractivity contribution in [1.82, 2.24) is 9.97 Å². The van der Waals surface area contributed by atoms with Gasteiger partial charge in [-0.3, -0.25) is 19.4 Å². The lowest BCUT2D eigenvalue weighted by molar-refractivity contribution is -0.122. The SMILES string of the molecule is Cc1ccc(N2C(=O)C3Sc4[nH]c(=O)sc4[C@H](c4cccnc4)C3C2=O)cc1. The van der Waals surface area contributed by atoms with Gasteiger partial charge in [-0.1, -0.05) is 46.9 Å². The minimum atomic E-state index is -0.572. The van der Waals surface area contributed by atoms with Crippen molar-refractivity contribution in [3.63, 3.8) is 0 Å². The van der Waals surface area contributed by atoms with E-state index in [0.717, 1.165) is 27.3 Å². The second kappa shape index (κ2) is 6.42. The van der Waals surface area contributed by atoms with Crippen molar-refractivity contribution in [2.75, 3.05) is 4.90 Å². The van der Waals surface area contributed by atoms with Gasteiger partial charge in [0.25, 0.3) is 0 Å². The van der Waals surface area contributed by atoms with Crippen LogP contribution in [-0.4, -0.2) is 27.0 Å². The maximum atomic E-state index is 13.4. The Hall–Kier alpha value is -2.71. The smallest absolute Gasteiger partial charge is 0.305 e. The standard InChI is InChI=1S/C20H15N3O3S2/c1-10-4-6-12(7-5-10)23-18(24)14-13(11-3-2-8-21-9-11)15-17(22-20(26)28-15)27-16(14)19(23)25/h2-9,13-14,16H,1H3,(H,22,26)/t13-,14?,16?/m1/s1. The molecule has 1 aromatic carbocycles. The molecule has 1 fully saturated rings. The molecule has 2 aromatic heterocycles. The number of nitrogens with one attached hydrogen (secondary N) is 1. The lowest BCUT2D eigenvalue weighted by Crippen LogP contribution is -2.32. The summed E-state index contributed by atoms with van der Waals surface area (Å²) in [6, 6.07) is 11.1. The molecule has 28 heavy (non-hydrogen) atoms. The van der Waals surface area contributed by atoms with Crippen LogP contribution in [0.5, 0.6) is 0 Å². The number of hydrogen-bond donors (Lipinski definition) is 1. The second-order valence-electron chi connectivity index (χ2n) is 6.88. The van der Waals surface area contributed by atoms with Gasteiger partial charge in [-0.05, 0) is 30.7 Å². The molecule has 0 spiro atoms. The molecular formula is C20H15N3O3S2. The predicted molar refractivity (Wildman–Crippen MR) is 108 cm³/mol. The van der Waals surface area contributed by atoms with E-state index < -0.39 is 11.2 Å². The van der Waals surface area contributed by atoms with Gasteiger partial charge in [-0.2, -0.15) is 0 Å². The van der Waals surface area contributed by atoms with Crippen LogP contribution >= 0.6 is 23.1 Å². The first kappa shape index (κ1) is 17.4. The summed E-state index contributed by atoms with van der Waals surface area (Å²) in [6.07, 6.45) is 3.37. The van der Waals surface area contributed by atoms with Crippen LogP contribution in [0.25, 0.3) is 0 Å². The Labute approximate surface area is 168 Å². The molecule has 2 aliphatic rings. The summed E-state index contributed by atoms with van der Waals surface area (Å²) in [4.78, 5) is 47.5. The molecule has 0 radical (unpaired) electrons. The van der Waals surface area contributed by atoms with Crippen molar-refractivity contribution < 1.29 is 9.59 Å². The molecular weight excluding hydrogens is 394 g/mol. The van der Waals surface area contributed by atoms with Gasteiger partial charge in [0.1, 0.15) is 5.25 Å². The van der Waals surface area contributed by atoms with E-state index in [4.69, 9.17) is 0 Å². The van der Waals surface area contributed by atoms with Gasteiger partial charge >= 0.3 is 4.87 Å². The molecule has 8 heteroatoms. The molecule has 2 amide bonds. The van der Waals surface area contributed by atoms with E-state index in [1.807, 2.05) is 25.1 Å². The highest BCUT2D eigenvalue weighted by atomic mass is 32.2. The molecule has 140 valence electrons. The maximum absolute atomic E-state index is 13.4. The third-order valence-electron chi connectivity index (χ3n) is 5.16. The molecule has 5 rings (SSSR count). The Morgan fingerprint density at radius 3 is 2.57 bits per heavy atom. The first-order valence-electron chi connectivity index (χ1n) is 8.78. The number of rotatable bonds is 2. The van der Waals surface area contributed by atoms with E-state index >= 15 is 0 Å². The van der Waals surface area contributed by atoms with Gasteiger partial charge < -0.3 is 4.98 Å². The number of anilines is 1. The van der Waals surface area contributed by atoms with Crippen molar-refractivity contribution in [3.8, 4) is 0 Å². The van der Waals surface area contributed by atoms with Crippen LogP contribution in [0.15, 0.2) is 58.6 Å². The fourth-order valence-corrected chi connectivity index (χ4v) is 6.40. The van der Waals surface area contributed by atoms with Gasteiger partial charge in [-0.25, -0.2) is 4.90 Å². The van der Waals surface area contributed by atoms with E-state index in [2.05, 4.69) is 9.97 Å². The summed E-state index contributed by atoms with van der Waals surface area (Å²) in [7, 11) is 0. The number of H-pyrrole nitrogens is 1. The van der Waals surface area contributed by atoms with E-state index in [0.29, 0.717) is 10.7 Å². The van der Waals surface area contributed by atoms with Gasteiger partial charge in [0, 0.05) is 23.2 Å². The number of benzene rings is 1. The summed E-state index contributed by atoms with van der Waals surface area (Å²) in [5, 5.41) is 0.105. The second-order valence-corrected chi connectivity index (χ2v) is 9.05. The van der Waals surface area contributed by atoms with Gasteiger partial charge in [-0.15, -0.1) is 0 Å². The average molecular weight is 409 g/mol. The fourth-order valence-electron chi connectivity index (χ4n) is 3.88. The van der Waals surface area contributed by atoms with E-state index in [-0.39, 0.29) is 22.6 Å². The molecule has 6 nitrogen and oxygen atoms in total.